The Morgan fingerprint density at radius 3 is 2.93 bits per heavy atom. The summed E-state index contributed by atoms with van der Waals surface area (Å²) in [6.45, 7) is 0. The third-order valence-corrected chi connectivity index (χ3v) is 1.46. The monoisotopic (exact) mass is 193 g/mol. The van der Waals surface area contributed by atoms with Crippen molar-refractivity contribution in [2.45, 2.75) is 0 Å². The van der Waals surface area contributed by atoms with Crippen LogP contribution in [0.5, 0.6) is 0 Å². The standard InChI is InChI=1S/C9H11N3O2/c1-12(2)6-11-8-3-4-10-5-7(8)9(13)14/h3-6H,1-2H3,(H,13,14). The minimum Gasteiger partial charge on any atom is -0.478 e. The Balaban J connectivity index is 3.02. The predicted molar refractivity (Wildman–Crippen MR) is 53.0 cm³/mol. The Labute approximate surface area is 81.7 Å². The van der Waals surface area contributed by atoms with E-state index in [1.54, 1.807) is 17.3 Å². The van der Waals surface area contributed by atoms with E-state index in [0.29, 0.717) is 5.69 Å². The number of aliphatic imine (C=N–C) groups is 1. The molecule has 0 saturated carbocycles. The average molecular weight is 193 g/mol. The summed E-state index contributed by atoms with van der Waals surface area (Å²) in [6, 6.07) is 1.56. The van der Waals surface area contributed by atoms with Crippen LogP contribution in [0.15, 0.2) is 23.5 Å². The Morgan fingerprint density at radius 2 is 2.36 bits per heavy atom. The number of carboxylic acid groups (broad SMARTS) is 1. The topological polar surface area (TPSA) is 65.8 Å². The Bertz CT molecular complexity index is 361. The smallest absolute Gasteiger partial charge is 0.339 e. The highest BCUT2D eigenvalue weighted by Crippen LogP contribution is 2.16. The van der Waals surface area contributed by atoms with Crippen LogP contribution < -0.4 is 0 Å². The summed E-state index contributed by atoms with van der Waals surface area (Å²) in [7, 11) is 3.62. The number of carbonyl (C=O) groups is 1. The summed E-state index contributed by atoms with van der Waals surface area (Å²) < 4.78 is 0. The van der Waals surface area contributed by atoms with Crippen molar-refractivity contribution < 1.29 is 9.90 Å². The van der Waals surface area contributed by atoms with Gasteiger partial charge < -0.3 is 10.0 Å². The summed E-state index contributed by atoms with van der Waals surface area (Å²) in [5.74, 6) is -1.02. The molecule has 0 aromatic carbocycles. The highest BCUT2D eigenvalue weighted by Gasteiger charge is 2.07. The lowest BCUT2D eigenvalue weighted by atomic mass is 10.2. The summed E-state index contributed by atoms with van der Waals surface area (Å²) in [5, 5.41) is 8.80. The van der Waals surface area contributed by atoms with Gasteiger partial charge in [0.25, 0.3) is 0 Å². The van der Waals surface area contributed by atoms with Crippen molar-refractivity contribution in [1.29, 1.82) is 0 Å². The predicted octanol–water partition coefficient (Wildman–Crippen LogP) is 1.00. The average Bonchev–Trinajstić information content (AvgIpc) is 2.15. The van der Waals surface area contributed by atoms with Gasteiger partial charge in [0.2, 0.25) is 0 Å². The van der Waals surface area contributed by atoms with E-state index in [0.717, 1.165) is 0 Å². The largest absolute Gasteiger partial charge is 0.478 e. The molecule has 0 aliphatic heterocycles. The van der Waals surface area contributed by atoms with Gasteiger partial charge in [0.05, 0.1) is 12.0 Å². The van der Waals surface area contributed by atoms with E-state index >= 15 is 0 Å². The summed E-state index contributed by atoms with van der Waals surface area (Å²) in [5.41, 5.74) is 0.506. The molecular weight excluding hydrogens is 182 g/mol. The fourth-order valence-electron chi connectivity index (χ4n) is 0.842. The molecule has 0 unspecified atom stereocenters. The van der Waals surface area contributed by atoms with Gasteiger partial charge in [-0.2, -0.15) is 0 Å². The van der Waals surface area contributed by atoms with Gasteiger partial charge in [-0.05, 0) is 6.07 Å². The summed E-state index contributed by atoms with van der Waals surface area (Å²) in [4.78, 5) is 20.2. The lowest BCUT2D eigenvalue weighted by Crippen LogP contribution is -2.07. The van der Waals surface area contributed by atoms with Crippen LogP contribution in [-0.2, 0) is 0 Å². The van der Waals surface area contributed by atoms with E-state index in [1.807, 2.05) is 14.1 Å². The first kappa shape index (κ1) is 10.2. The fourth-order valence-corrected chi connectivity index (χ4v) is 0.842. The maximum atomic E-state index is 10.7. The van der Waals surface area contributed by atoms with E-state index in [2.05, 4.69) is 9.98 Å². The van der Waals surface area contributed by atoms with E-state index < -0.39 is 5.97 Å². The van der Waals surface area contributed by atoms with E-state index in [-0.39, 0.29) is 5.56 Å². The minimum absolute atomic E-state index is 0.102. The highest BCUT2D eigenvalue weighted by atomic mass is 16.4. The van der Waals surface area contributed by atoms with Crippen LogP contribution in [0.4, 0.5) is 5.69 Å². The van der Waals surface area contributed by atoms with Crippen molar-refractivity contribution in [2.24, 2.45) is 4.99 Å². The molecule has 14 heavy (non-hydrogen) atoms. The second-order valence-electron chi connectivity index (χ2n) is 2.91. The van der Waals surface area contributed by atoms with Gasteiger partial charge in [0.15, 0.2) is 0 Å². The number of aromatic nitrogens is 1. The van der Waals surface area contributed by atoms with E-state index in [1.165, 1.54) is 12.4 Å². The molecule has 0 bridgehead atoms. The maximum Gasteiger partial charge on any atom is 0.339 e. The van der Waals surface area contributed by atoms with Gasteiger partial charge >= 0.3 is 5.97 Å². The third-order valence-electron chi connectivity index (χ3n) is 1.46. The van der Waals surface area contributed by atoms with Gasteiger partial charge in [-0.25, -0.2) is 9.79 Å². The Morgan fingerprint density at radius 1 is 1.64 bits per heavy atom. The number of hydrogen-bond donors (Lipinski definition) is 1. The fraction of sp³-hybridized carbons (Fsp3) is 0.222. The SMILES string of the molecule is CN(C)C=Nc1ccncc1C(=O)O. The van der Waals surface area contributed by atoms with Crippen molar-refractivity contribution in [3.63, 3.8) is 0 Å². The van der Waals surface area contributed by atoms with E-state index in [9.17, 15) is 4.79 Å². The zero-order chi connectivity index (χ0) is 10.6. The molecule has 0 aliphatic rings. The van der Waals surface area contributed by atoms with Gasteiger partial charge in [-0.1, -0.05) is 0 Å². The van der Waals surface area contributed by atoms with Crippen molar-refractivity contribution >= 4 is 18.0 Å². The van der Waals surface area contributed by atoms with Crippen LogP contribution >= 0.6 is 0 Å². The lowest BCUT2D eigenvalue weighted by Gasteiger charge is -2.03. The number of pyridine rings is 1. The zero-order valence-electron chi connectivity index (χ0n) is 8.01. The Kier molecular flexibility index (Phi) is 3.17. The molecule has 1 aromatic rings. The quantitative estimate of drug-likeness (QED) is 0.574. The number of aromatic carboxylic acids is 1. The van der Waals surface area contributed by atoms with Crippen LogP contribution in [-0.4, -0.2) is 41.4 Å². The van der Waals surface area contributed by atoms with Gasteiger partial charge in [0.1, 0.15) is 5.56 Å². The molecule has 5 nitrogen and oxygen atoms in total. The van der Waals surface area contributed by atoms with Crippen molar-refractivity contribution in [1.82, 2.24) is 9.88 Å². The maximum absolute atomic E-state index is 10.7. The second-order valence-corrected chi connectivity index (χ2v) is 2.91. The summed E-state index contributed by atoms with van der Waals surface area (Å²) in [6.07, 6.45) is 4.33. The second kappa shape index (κ2) is 4.36. The first-order valence-electron chi connectivity index (χ1n) is 3.99. The molecule has 0 spiro atoms. The van der Waals surface area contributed by atoms with Crippen LogP contribution in [0, 0.1) is 0 Å². The number of hydrogen-bond acceptors (Lipinski definition) is 3. The Hall–Kier alpha value is -1.91. The summed E-state index contributed by atoms with van der Waals surface area (Å²) >= 11 is 0. The van der Waals surface area contributed by atoms with Crippen LogP contribution in [0.25, 0.3) is 0 Å². The van der Waals surface area contributed by atoms with E-state index in [4.69, 9.17) is 5.11 Å². The number of rotatable bonds is 3. The number of carboxylic acids is 1. The molecule has 0 fully saturated rings. The highest BCUT2D eigenvalue weighted by molar-refractivity contribution is 5.93. The van der Waals surface area contributed by atoms with Crippen molar-refractivity contribution in [2.75, 3.05) is 14.1 Å². The molecule has 0 amide bonds. The van der Waals surface area contributed by atoms with Crippen LogP contribution in [0.1, 0.15) is 10.4 Å². The molecule has 0 aliphatic carbocycles. The zero-order valence-corrected chi connectivity index (χ0v) is 8.01. The molecule has 0 radical (unpaired) electrons. The third kappa shape index (κ3) is 2.55. The van der Waals surface area contributed by atoms with Crippen LogP contribution in [0.2, 0.25) is 0 Å². The minimum atomic E-state index is -1.02. The van der Waals surface area contributed by atoms with Crippen LogP contribution in [0.3, 0.4) is 0 Å². The molecule has 0 saturated heterocycles. The molecule has 5 heteroatoms. The van der Waals surface area contributed by atoms with Crippen molar-refractivity contribution in [3.8, 4) is 0 Å². The lowest BCUT2D eigenvalue weighted by molar-refractivity contribution is 0.0697. The molecule has 1 heterocycles. The molecule has 0 atom stereocenters. The normalized spacial score (nSPS) is 10.4. The van der Waals surface area contributed by atoms with Crippen molar-refractivity contribution in [3.05, 3.63) is 24.0 Å². The van der Waals surface area contributed by atoms with Gasteiger partial charge in [0, 0.05) is 26.5 Å². The molecule has 1 rings (SSSR count). The van der Waals surface area contributed by atoms with Gasteiger partial charge in [-0.3, -0.25) is 4.98 Å². The molecular formula is C9H11N3O2. The van der Waals surface area contributed by atoms with Gasteiger partial charge in [-0.15, -0.1) is 0 Å². The number of nitrogens with zero attached hydrogens (tertiary/aromatic N) is 3. The molecule has 1 aromatic heterocycles. The molecule has 74 valence electrons. The molecule has 1 N–H and O–H groups in total. The first-order valence-corrected chi connectivity index (χ1v) is 3.99. The first-order chi connectivity index (χ1) is 6.61.